The van der Waals surface area contributed by atoms with Crippen molar-refractivity contribution in [3.05, 3.63) is 35.9 Å². The van der Waals surface area contributed by atoms with E-state index in [1.165, 1.54) is 18.7 Å². The number of hydrogen-bond acceptors (Lipinski definition) is 18. The summed E-state index contributed by atoms with van der Waals surface area (Å²) in [4.78, 5) is 73.1. The van der Waals surface area contributed by atoms with E-state index in [9.17, 15) is 28.8 Å². The standard InChI is InChI=1S/C38H53NO17S/c1-21(40)39-30-33(56-38-35(52-25(5)44)34(51-24(4)43)32(50-23(3)42)28(54-38)19-48-22(2)41)31-29(20-49-36(55-31)27-13-9-7-10-14-27)53-37(30)47-17-16-46-15-11-8-12-18-57-26(6)45/h7,9-10,13-14,28-38H,8,11-12,15-20H2,1-6H3,(H,39,40)/t28?,29?,30?,31-,32-,33+,34-,35?,36?,37-,38-/m0/s1. The van der Waals surface area contributed by atoms with Crippen molar-refractivity contribution in [1.29, 1.82) is 0 Å². The lowest BCUT2D eigenvalue weighted by Crippen LogP contribution is -2.70. The zero-order valence-electron chi connectivity index (χ0n) is 33.0. The molecule has 5 unspecified atom stereocenters. The van der Waals surface area contributed by atoms with Gasteiger partial charge in [-0.2, -0.15) is 0 Å². The van der Waals surface area contributed by atoms with E-state index in [0.717, 1.165) is 52.7 Å². The average molecular weight is 828 g/mol. The predicted octanol–water partition coefficient (Wildman–Crippen LogP) is 2.28. The number of carbonyl (C=O) groups is 6. The zero-order valence-corrected chi connectivity index (χ0v) is 33.8. The molecule has 3 saturated heterocycles. The summed E-state index contributed by atoms with van der Waals surface area (Å²) in [6, 6.07) is 8.00. The molecule has 1 amide bonds. The highest BCUT2D eigenvalue weighted by Gasteiger charge is 2.57. The number of thioether (sulfide) groups is 1. The highest BCUT2D eigenvalue weighted by atomic mass is 32.2. The highest BCUT2D eigenvalue weighted by molar-refractivity contribution is 8.13. The Kier molecular flexibility index (Phi) is 18.6. The van der Waals surface area contributed by atoms with Gasteiger partial charge < -0.3 is 57.4 Å². The Morgan fingerprint density at radius 2 is 1.40 bits per heavy atom. The first-order chi connectivity index (χ1) is 27.2. The van der Waals surface area contributed by atoms with Gasteiger partial charge in [-0.05, 0) is 12.8 Å². The summed E-state index contributed by atoms with van der Waals surface area (Å²) in [7, 11) is 0. The maximum Gasteiger partial charge on any atom is 0.303 e. The normalized spacial score (nSPS) is 29.6. The van der Waals surface area contributed by atoms with E-state index in [2.05, 4.69) is 5.32 Å². The molecule has 318 valence electrons. The molecule has 0 radical (unpaired) electrons. The Bertz CT molecular complexity index is 1500. The number of amides is 1. The van der Waals surface area contributed by atoms with Crippen LogP contribution in [0.15, 0.2) is 30.3 Å². The number of benzene rings is 1. The second-order valence-electron chi connectivity index (χ2n) is 13.5. The van der Waals surface area contributed by atoms with E-state index >= 15 is 0 Å². The molecule has 19 heteroatoms. The second kappa shape index (κ2) is 23.0. The lowest BCUT2D eigenvalue weighted by atomic mass is 9.94. The van der Waals surface area contributed by atoms with E-state index in [1.54, 1.807) is 6.92 Å². The van der Waals surface area contributed by atoms with Gasteiger partial charge in [0.15, 0.2) is 42.3 Å². The number of unbranched alkanes of at least 4 members (excludes halogenated alkanes) is 2. The molecule has 3 heterocycles. The fourth-order valence-electron chi connectivity index (χ4n) is 6.52. The van der Waals surface area contributed by atoms with Gasteiger partial charge in [-0.3, -0.25) is 28.8 Å². The van der Waals surface area contributed by atoms with Gasteiger partial charge in [-0.15, -0.1) is 0 Å². The minimum absolute atomic E-state index is 0.00766. The van der Waals surface area contributed by atoms with Crippen molar-refractivity contribution in [2.75, 3.05) is 38.8 Å². The van der Waals surface area contributed by atoms with Crippen molar-refractivity contribution in [2.24, 2.45) is 0 Å². The first-order valence-electron chi connectivity index (χ1n) is 18.8. The average Bonchev–Trinajstić information content (AvgIpc) is 3.14. The number of hydrogen-bond donors (Lipinski definition) is 1. The zero-order chi connectivity index (χ0) is 41.5. The van der Waals surface area contributed by atoms with Crippen LogP contribution in [0.25, 0.3) is 0 Å². The molecule has 3 aliphatic rings. The van der Waals surface area contributed by atoms with Crippen molar-refractivity contribution in [3.8, 4) is 0 Å². The van der Waals surface area contributed by atoms with Crippen LogP contribution in [0.2, 0.25) is 0 Å². The van der Waals surface area contributed by atoms with Crippen molar-refractivity contribution in [1.82, 2.24) is 5.32 Å². The first kappa shape index (κ1) is 46.0. The molecule has 3 fully saturated rings. The van der Waals surface area contributed by atoms with E-state index in [-0.39, 0.29) is 24.9 Å². The quantitative estimate of drug-likeness (QED) is 0.120. The summed E-state index contributed by atoms with van der Waals surface area (Å²) in [6.07, 6.45) is -9.85. The fourth-order valence-corrected chi connectivity index (χ4v) is 7.16. The Labute approximate surface area is 335 Å². The second-order valence-corrected chi connectivity index (χ2v) is 14.8. The van der Waals surface area contributed by atoms with Gasteiger partial charge in [0.25, 0.3) is 0 Å². The molecule has 3 aliphatic heterocycles. The number of ether oxygens (including phenoxy) is 11. The highest BCUT2D eigenvalue weighted by Crippen LogP contribution is 2.38. The molecular weight excluding hydrogens is 774 g/mol. The fraction of sp³-hybridized carbons (Fsp3) is 0.684. The molecule has 1 aromatic carbocycles. The number of fused-ring (bicyclic) bond motifs is 1. The number of rotatable bonds is 19. The molecular formula is C38H53NO17S. The minimum atomic E-state index is -1.61. The molecule has 0 saturated carbocycles. The summed E-state index contributed by atoms with van der Waals surface area (Å²) < 4.78 is 65.7. The maximum absolute atomic E-state index is 12.8. The molecule has 11 atom stereocenters. The van der Waals surface area contributed by atoms with Gasteiger partial charge in [0.2, 0.25) is 5.91 Å². The summed E-state index contributed by atoms with van der Waals surface area (Å²) in [5.74, 6) is -2.83. The minimum Gasteiger partial charge on any atom is -0.463 e. The topological polar surface area (TPSA) is 216 Å². The smallest absolute Gasteiger partial charge is 0.303 e. The molecule has 18 nitrogen and oxygen atoms in total. The van der Waals surface area contributed by atoms with Gasteiger partial charge in [0, 0.05) is 59.5 Å². The molecule has 4 rings (SSSR count). The number of carbonyl (C=O) groups excluding carboxylic acids is 6. The molecule has 0 aliphatic carbocycles. The van der Waals surface area contributed by atoms with Crippen molar-refractivity contribution in [3.63, 3.8) is 0 Å². The summed E-state index contributed by atoms with van der Waals surface area (Å²) >= 11 is 1.29. The van der Waals surface area contributed by atoms with Crippen LogP contribution in [0.3, 0.4) is 0 Å². The Morgan fingerprint density at radius 1 is 0.719 bits per heavy atom. The molecule has 0 spiro atoms. The van der Waals surface area contributed by atoms with Crippen LogP contribution < -0.4 is 5.32 Å². The van der Waals surface area contributed by atoms with Crippen molar-refractivity contribution >= 4 is 46.7 Å². The van der Waals surface area contributed by atoms with Crippen LogP contribution in [0, 0.1) is 0 Å². The van der Waals surface area contributed by atoms with E-state index in [4.69, 9.17) is 52.1 Å². The van der Waals surface area contributed by atoms with Crippen molar-refractivity contribution < 1.29 is 80.9 Å². The van der Waals surface area contributed by atoms with Crippen LogP contribution in [-0.2, 0) is 80.9 Å². The third kappa shape index (κ3) is 14.6. The van der Waals surface area contributed by atoms with Gasteiger partial charge in [0.05, 0.1) is 19.8 Å². The van der Waals surface area contributed by atoms with Gasteiger partial charge in [-0.25, -0.2) is 0 Å². The van der Waals surface area contributed by atoms with Crippen LogP contribution in [0.4, 0.5) is 0 Å². The Balaban J connectivity index is 1.64. The maximum atomic E-state index is 12.8. The van der Waals surface area contributed by atoms with Crippen LogP contribution in [0.5, 0.6) is 0 Å². The molecule has 1 aromatic rings. The Hall–Kier alpha value is -3.69. The SMILES string of the molecule is CC(=O)NC1[C@@H](OCCOCCCCCSC(C)=O)OC2COC(c3ccccc3)O[C@@H]2[C@@H]1O[C@@H]1OC(COC(C)=O)[C@H](OC(C)=O)[C@H](OC(C)=O)C1OC(C)=O. The summed E-state index contributed by atoms with van der Waals surface area (Å²) in [5, 5.41) is 2.93. The largest absolute Gasteiger partial charge is 0.463 e. The van der Waals surface area contributed by atoms with Crippen LogP contribution >= 0.6 is 11.8 Å². The van der Waals surface area contributed by atoms with E-state index < -0.39 is 104 Å². The summed E-state index contributed by atoms with van der Waals surface area (Å²) in [5.41, 5.74) is 0.686. The first-order valence-corrected chi connectivity index (χ1v) is 19.7. The lowest BCUT2D eigenvalue weighted by molar-refractivity contribution is -0.378. The molecule has 0 bridgehead atoms. The summed E-state index contributed by atoms with van der Waals surface area (Å²) in [6.45, 7) is 7.59. The number of esters is 4. The predicted molar refractivity (Wildman–Crippen MR) is 197 cm³/mol. The monoisotopic (exact) mass is 827 g/mol. The van der Waals surface area contributed by atoms with E-state index in [0.29, 0.717) is 12.2 Å². The van der Waals surface area contributed by atoms with Crippen LogP contribution in [0.1, 0.15) is 72.7 Å². The Morgan fingerprint density at radius 3 is 2.05 bits per heavy atom. The molecule has 1 N–H and O–H groups in total. The van der Waals surface area contributed by atoms with E-state index in [1.807, 2.05) is 30.3 Å². The van der Waals surface area contributed by atoms with Crippen LogP contribution in [-0.4, -0.2) is 135 Å². The van der Waals surface area contributed by atoms with Gasteiger partial charge in [0.1, 0.15) is 37.1 Å². The lowest BCUT2D eigenvalue weighted by Gasteiger charge is -2.51. The molecule has 57 heavy (non-hydrogen) atoms. The third-order valence-corrected chi connectivity index (χ3v) is 9.67. The van der Waals surface area contributed by atoms with Gasteiger partial charge >= 0.3 is 23.9 Å². The number of nitrogens with one attached hydrogen (secondary N) is 1. The van der Waals surface area contributed by atoms with Gasteiger partial charge in [-0.1, -0.05) is 48.5 Å². The molecule has 0 aromatic heterocycles. The third-order valence-electron chi connectivity index (χ3n) is 8.77. The van der Waals surface area contributed by atoms with Crippen molar-refractivity contribution in [2.45, 2.75) is 128 Å².